The summed E-state index contributed by atoms with van der Waals surface area (Å²) in [5.74, 6) is 1.63. The maximum absolute atomic E-state index is 6.42. The average molecular weight is 499 g/mol. The molecule has 0 unspecified atom stereocenters. The van der Waals surface area contributed by atoms with Crippen molar-refractivity contribution in [3.05, 3.63) is 81.2 Å². The van der Waals surface area contributed by atoms with E-state index >= 15 is 0 Å². The Morgan fingerprint density at radius 2 is 1.78 bits per heavy atom. The van der Waals surface area contributed by atoms with Gasteiger partial charge in [-0.1, -0.05) is 71.9 Å². The third-order valence-electron chi connectivity index (χ3n) is 5.41. The number of nitrogens with zero attached hydrogens (tertiary/aromatic N) is 2. The fourth-order valence-corrected chi connectivity index (χ4v) is 7.17. The molecule has 1 aliphatic heterocycles. The Morgan fingerprint density at radius 3 is 2.59 bits per heavy atom. The number of ether oxygens (including phenoxy) is 1. The summed E-state index contributed by atoms with van der Waals surface area (Å²) in [4.78, 5) is 12.3. The van der Waals surface area contributed by atoms with Crippen LogP contribution in [0.4, 0.5) is 0 Å². The minimum atomic E-state index is -0.174. The fourth-order valence-electron chi connectivity index (χ4n) is 3.75. The quantitative estimate of drug-likeness (QED) is 0.154. The summed E-state index contributed by atoms with van der Waals surface area (Å²) < 4.78 is 6.07. The molecule has 3 heterocycles. The lowest BCUT2D eigenvalue weighted by Crippen LogP contribution is -2.31. The number of fused-ring (bicyclic) bond motifs is 3. The van der Waals surface area contributed by atoms with Crippen molar-refractivity contribution in [1.82, 2.24) is 9.97 Å². The third-order valence-corrected chi connectivity index (χ3v) is 8.82. The normalized spacial score (nSPS) is 15.1. The largest absolute Gasteiger partial charge is 0.370 e. The van der Waals surface area contributed by atoms with Crippen LogP contribution in [0, 0.1) is 0 Å². The molecular weight excluding hydrogens is 476 g/mol. The van der Waals surface area contributed by atoms with E-state index in [-0.39, 0.29) is 5.60 Å². The lowest BCUT2D eigenvalue weighted by molar-refractivity contribution is -0.0379. The highest BCUT2D eigenvalue weighted by atomic mass is 35.5. The van der Waals surface area contributed by atoms with Crippen LogP contribution in [-0.4, -0.2) is 15.6 Å². The molecule has 0 bridgehead atoms. The molecule has 2 aromatic carbocycles. The van der Waals surface area contributed by atoms with E-state index in [0.717, 1.165) is 43.5 Å². The number of thioether (sulfide) groups is 2. The van der Waals surface area contributed by atoms with Crippen LogP contribution in [0.2, 0.25) is 5.02 Å². The van der Waals surface area contributed by atoms with E-state index in [1.807, 2.05) is 24.3 Å². The van der Waals surface area contributed by atoms with Gasteiger partial charge in [0.1, 0.15) is 9.86 Å². The predicted molar refractivity (Wildman–Crippen MR) is 137 cm³/mol. The number of aromatic nitrogens is 2. The summed E-state index contributed by atoms with van der Waals surface area (Å²) in [6.45, 7) is 4.95. The summed E-state index contributed by atoms with van der Waals surface area (Å²) in [7, 11) is 0. The van der Waals surface area contributed by atoms with Gasteiger partial charge < -0.3 is 4.74 Å². The number of rotatable bonds is 6. The molecule has 7 heteroatoms. The van der Waals surface area contributed by atoms with Gasteiger partial charge in [0.2, 0.25) is 0 Å². The van der Waals surface area contributed by atoms with Crippen molar-refractivity contribution >= 4 is 56.7 Å². The summed E-state index contributed by atoms with van der Waals surface area (Å²) >= 11 is 11.6. The van der Waals surface area contributed by atoms with Crippen LogP contribution < -0.4 is 0 Å². The lowest BCUT2D eigenvalue weighted by Gasteiger charge is -2.30. The van der Waals surface area contributed by atoms with E-state index in [2.05, 4.69) is 44.2 Å². The molecule has 0 saturated carbocycles. The molecule has 4 aromatic rings. The second kappa shape index (κ2) is 9.35. The summed E-state index contributed by atoms with van der Waals surface area (Å²) in [6.07, 6.45) is 0.877. The van der Waals surface area contributed by atoms with Gasteiger partial charge in [0.25, 0.3) is 0 Å². The van der Waals surface area contributed by atoms with E-state index < -0.39 is 0 Å². The van der Waals surface area contributed by atoms with Crippen LogP contribution in [-0.2, 0) is 29.3 Å². The van der Waals surface area contributed by atoms with Gasteiger partial charge in [-0.2, -0.15) is 0 Å². The minimum absolute atomic E-state index is 0.174. The zero-order valence-electron chi connectivity index (χ0n) is 17.9. The Bertz CT molecular complexity index is 1260. The van der Waals surface area contributed by atoms with Crippen molar-refractivity contribution in [1.29, 1.82) is 0 Å². The average Bonchev–Trinajstić information content (AvgIpc) is 3.14. The number of hydrogen-bond acceptors (Lipinski definition) is 6. The maximum Gasteiger partial charge on any atom is 0.190 e. The molecule has 2 aromatic heterocycles. The number of benzene rings is 2. The van der Waals surface area contributed by atoms with Crippen LogP contribution in [0.1, 0.15) is 35.4 Å². The molecule has 0 amide bonds. The number of halogens is 1. The Balaban J connectivity index is 1.51. The van der Waals surface area contributed by atoms with Gasteiger partial charge in [-0.3, -0.25) is 0 Å². The molecule has 0 spiro atoms. The molecule has 1 aliphatic rings. The van der Waals surface area contributed by atoms with E-state index in [0.29, 0.717) is 6.61 Å². The van der Waals surface area contributed by atoms with Gasteiger partial charge >= 0.3 is 0 Å². The minimum Gasteiger partial charge on any atom is -0.370 e. The third kappa shape index (κ3) is 4.85. The van der Waals surface area contributed by atoms with Crippen molar-refractivity contribution < 1.29 is 4.74 Å². The molecule has 0 radical (unpaired) electrons. The van der Waals surface area contributed by atoms with Gasteiger partial charge in [-0.15, -0.1) is 23.1 Å². The Kier molecular flexibility index (Phi) is 6.50. The van der Waals surface area contributed by atoms with E-state index in [9.17, 15) is 0 Å². The molecule has 3 nitrogen and oxygen atoms in total. The molecule has 0 N–H and O–H groups in total. The smallest absolute Gasteiger partial charge is 0.190 e. The fraction of sp³-hybridized carbons (Fsp3) is 0.280. The maximum atomic E-state index is 6.42. The van der Waals surface area contributed by atoms with E-state index in [1.165, 1.54) is 21.4 Å². The Hall–Kier alpha value is -1.57. The van der Waals surface area contributed by atoms with Crippen molar-refractivity contribution in [2.24, 2.45) is 0 Å². The van der Waals surface area contributed by atoms with Crippen molar-refractivity contribution in [3.8, 4) is 0 Å². The van der Waals surface area contributed by atoms with E-state index in [1.54, 1.807) is 34.9 Å². The molecule has 0 aliphatic carbocycles. The lowest BCUT2D eigenvalue weighted by atomic mass is 9.95. The topological polar surface area (TPSA) is 35.0 Å². The standard InChI is InChI=1S/C25H23ClN2OS3/c1-25(2)12-18-20(13-29-25)32-23-21(18)22(30-15-17-10-6-7-11-19(17)26)27-24(28-23)31-14-16-8-4-3-5-9-16/h3-11H,12-15H2,1-2H3. The molecule has 0 saturated heterocycles. The van der Waals surface area contributed by atoms with Gasteiger partial charge in [0.05, 0.1) is 12.2 Å². The highest BCUT2D eigenvalue weighted by Gasteiger charge is 2.31. The van der Waals surface area contributed by atoms with Crippen molar-refractivity contribution in [2.75, 3.05) is 0 Å². The number of hydrogen-bond donors (Lipinski definition) is 0. The van der Waals surface area contributed by atoms with Gasteiger partial charge in [0.15, 0.2) is 5.16 Å². The molecular formula is C25H23ClN2OS3. The zero-order chi connectivity index (χ0) is 22.1. The second-order valence-corrected chi connectivity index (χ2v) is 11.8. The highest BCUT2D eigenvalue weighted by Crippen LogP contribution is 2.43. The summed E-state index contributed by atoms with van der Waals surface area (Å²) in [5, 5.41) is 3.86. The van der Waals surface area contributed by atoms with Crippen molar-refractivity contribution in [2.45, 2.75) is 54.2 Å². The number of thiophene rings is 1. The van der Waals surface area contributed by atoms with Crippen LogP contribution in [0.3, 0.4) is 0 Å². The van der Waals surface area contributed by atoms with Crippen LogP contribution in [0.5, 0.6) is 0 Å². The predicted octanol–water partition coefficient (Wildman–Crippen LogP) is 7.78. The van der Waals surface area contributed by atoms with Crippen LogP contribution >= 0.6 is 46.5 Å². The van der Waals surface area contributed by atoms with Crippen LogP contribution in [0.25, 0.3) is 10.2 Å². The summed E-state index contributed by atoms with van der Waals surface area (Å²) in [6, 6.07) is 18.5. The first kappa shape index (κ1) is 22.2. The van der Waals surface area contributed by atoms with Crippen LogP contribution in [0.15, 0.2) is 64.8 Å². The highest BCUT2D eigenvalue weighted by molar-refractivity contribution is 7.99. The molecule has 32 heavy (non-hydrogen) atoms. The Morgan fingerprint density at radius 1 is 1.00 bits per heavy atom. The summed E-state index contributed by atoms with van der Waals surface area (Å²) in [5.41, 5.74) is 3.57. The molecule has 0 fully saturated rings. The first-order valence-corrected chi connectivity index (χ1v) is 13.6. The van der Waals surface area contributed by atoms with Gasteiger partial charge in [-0.05, 0) is 36.6 Å². The second-order valence-electron chi connectivity index (χ2n) is 8.37. The van der Waals surface area contributed by atoms with E-state index in [4.69, 9.17) is 26.3 Å². The zero-order valence-corrected chi connectivity index (χ0v) is 21.1. The Labute approximate surface area is 206 Å². The molecule has 5 rings (SSSR count). The monoisotopic (exact) mass is 498 g/mol. The van der Waals surface area contributed by atoms with Crippen molar-refractivity contribution in [3.63, 3.8) is 0 Å². The SMILES string of the molecule is CC1(C)Cc2c(sc3nc(SCc4ccccc4)nc(SCc4ccccc4Cl)c23)CO1. The van der Waals surface area contributed by atoms with Gasteiger partial charge in [-0.25, -0.2) is 9.97 Å². The molecule has 164 valence electrons. The first-order valence-electron chi connectivity index (χ1n) is 10.5. The first-order chi connectivity index (χ1) is 15.5. The molecule has 0 atom stereocenters. The van der Waals surface area contributed by atoms with Gasteiger partial charge in [0, 0.05) is 33.2 Å².